The maximum atomic E-state index is 13.7. The lowest BCUT2D eigenvalue weighted by Crippen LogP contribution is -2.56. The number of hydrogen-bond donors (Lipinski definition) is 3. The predicted molar refractivity (Wildman–Crippen MR) is 137 cm³/mol. The highest BCUT2D eigenvalue weighted by molar-refractivity contribution is 6.12. The van der Waals surface area contributed by atoms with Crippen LogP contribution in [0.15, 0.2) is 83.9 Å². The first-order chi connectivity index (χ1) is 19.2. The van der Waals surface area contributed by atoms with Crippen molar-refractivity contribution in [2.24, 2.45) is 4.99 Å². The van der Waals surface area contributed by atoms with Crippen molar-refractivity contribution in [3.63, 3.8) is 0 Å². The molecule has 0 fully saturated rings. The van der Waals surface area contributed by atoms with Crippen molar-refractivity contribution in [1.29, 1.82) is 0 Å². The zero-order valence-corrected chi connectivity index (χ0v) is 20.4. The Morgan fingerprint density at radius 1 is 1.00 bits per heavy atom. The van der Waals surface area contributed by atoms with Crippen LogP contribution in [0.25, 0.3) is 0 Å². The summed E-state index contributed by atoms with van der Waals surface area (Å²) in [4.78, 5) is 45.3. The molecule has 5 rings (SSSR count). The van der Waals surface area contributed by atoms with Gasteiger partial charge in [0.2, 0.25) is 0 Å². The standard InChI is InChI=1S/C26H19F3N8O3/c27-26(28,29)18-10-6-9-17(13-18)21(38)37-15-25(19-11-4-5-12-20(19)37,22(39)31-23-33-35-36-34-23)32-24(40)30-14-16-7-2-1-3-8-16/h1-14H,15H2,(H,32,40)(H2,31,33,34,35,36,39)/b30-14-/t25-/m1/s1. The molecule has 40 heavy (non-hydrogen) atoms. The summed E-state index contributed by atoms with van der Waals surface area (Å²) in [5, 5.41) is 18.0. The second-order valence-corrected chi connectivity index (χ2v) is 8.68. The number of anilines is 2. The van der Waals surface area contributed by atoms with Gasteiger partial charge < -0.3 is 10.2 Å². The van der Waals surface area contributed by atoms with Crippen molar-refractivity contribution in [3.8, 4) is 0 Å². The van der Waals surface area contributed by atoms with Gasteiger partial charge in [0, 0.05) is 17.3 Å². The van der Waals surface area contributed by atoms with E-state index < -0.39 is 41.7 Å². The summed E-state index contributed by atoms with van der Waals surface area (Å²) in [7, 11) is 0. The number of alkyl halides is 3. The summed E-state index contributed by atoms with van der Waals surface area (Å²) in [6, 6.07) is 18.0. The van der Waals surface area contributed by atoms with E-state index in [0.717, 1.165) is 23.1 Å². The van der Waals surface area contributed by atoms with Crippen LogP contribution >= 0.6 is 0 Å². The van der Waals surface area contributed by atoms with Crippen LogP contribution < -0.4 is 15.5 Å². The van der Waals surface area contributed by atoms with Gasteiger partial charge in [0.05, 0.1) is 17.8 Å². The molecule has 0 bridgehead atoms. The summed E-state index contributed by atoms with van der Waals surface area (Å²) in [5.74, 6) is -1.84. The lowest BCUT2D eigenvalue weighted by molar-refractivity contribution is -0.137. The van der Waals surface area contributed by atoms with Crippen LogP contribution in [0.2, 0.25) is 0 Å². The average molecular weight is 548 g/mol. The number of tetrazole rings is 1. The maximum absolute atomic E-state index is 13.7. The lowest BCUT2D eigenvalue weighted by Gasteiger charge is -2.29. The van der Waals surface area contributed by atoms with Crippen LogP contribution in [-0.2, 0) is 16.5 Å². The molecule has 0 saturated carbocycles. The number of halogens is 3. The van der Waals surface area contributed by atoms with E-state index in [4.69, 9.17) is 0 Å². The van der Waals surface area contributed by atoms with Crippen LogP contribution in [0.4, 0.5) is 29.6 Å². The summed E-state index contributed by atoms with van der Waals surface area (Å²) in [6.07, 6.45) is -3.37. The fraction of sp³-hybridized carbons (Fsp3) is 0.115. The molecule has 14 heteroatoms. The summed E-state index contributed by atoms with van der Waals surface area (Å²) in [6.45, 7) is -0.461. The minimum absolute atomic E-state index is 0.202. The molecule has 0 aliphatic carbocycles. The van der Waals surface area contributed by atoms with E-state index in [1.54, 1.807) is 42.5 Å². The molecule has 1 aliphatic rings. The Bertz CT molecular complexity index is 1590. The molecule has 1 aliphatic heterocycles. The Morgan fingerprint density at radius 3 is 2.48 bits per heavy atom. The number of para-hydroxylation sites is 1. The number of nitrogens with one attached hydrogen (secondary N) is 3. The minimum atomic E-state index is -4.67. The van der Waals surface area contributed by atoms with Gasteiger partial charge in [-0.05, 0) is 35.0 Å². The van der Waals surface area contributed by atoms with Crippen LogP contribution in [-0.4, -0.2) is 51.2 Å². The highest BCUT2D eigenvalue weighted by atomic mass is 19.4. The van der Waals surface area contributed by atoms with Crippen molar-refractivity contribution in [2.45, 2.75) is 11.7 Å². The summed E-state index contributed by atoms with van der Waals surface area (Å²) >= 11 is 0. The number of carbonyl (C=O) groups is 3. The highest BCUT2D eigenvalue weighted by Gasteiger charge is 2.52. The zero-order valence-electron chi connectivity index (χ0n) is 20.4. The van der Waals surface area contributed by atoms with Crippen molar-refractivity contribution in [2.75, 3.05) is 16.8 Å². The van der Waals surface area contributed by atoms with Gasteiger partial charge in [-0.1, -0.05) is 59.7 Å². The largest absolute Gasteiger partial charge is 0.416 e. The first-order valence-electron chi connectivity index (χ1n) is 11.7. The summed E-state index contributed by atoms with van der Waals surface area (Å²) < 4.78 is 40.0. The van der Waals surface area contributed by atoms with Gasteiger partial charge in [0.25, 0.3) is 17.8 Å². The molecule has 4 amide bonds. The minimum Gasteiger partial charge on any atom is -0.316 e. The third-order valence-electron chi connectivity index (χ3n) is 6.14. The van der Waals surface area contributed by atoms with Crippen molar-refractivity contribution >= 4 is 35.7 Å². The molecular weight excluding hydrogens is 529 g/mol. The third kappa shape index (κ3) is 5.14. The number of aliphatic imine (C=N–C) groups is 1. The number of hydrogen-bond acceptors (Lipinski definition) is 6. The molecule has 3 aromatic carbocycles. The van der Waals surface area contributed by atoms with Gasteiger partial charge >= 0.3 is 12.2 Å². The van der Waals surface area contributed by atoms with Crippen molar-refractivity contribution < 1.29 is 27.6 Å². The van der Waals surface area contributed by atoms with Crippen molar-refractivity contribution in [1.82, 2.24) is 25.9 Å². The molecule has 202 valence electrons. The molecule has 11 nitrogen and oxygen atoms in total. The second kappa shape index (κ2) is 10.4. The molecule has 1 aromatic heterocycles. The van der Waals surface area contributed by atoms with Gasteiger partial charge in [-0.25, -0.2) is 9.79 Å². The third-order valence-corrected chi connectivity index (χ3v) is 6.14. The predicted octanol–water partition coefficient (Wildman–Crippen LogP) is 3.54. The number of fused-ring (bicyclic) bond motifs is 1. The van der Waals surface area contributed by atoms with E-state index >= 15 is 0 Å². The molecule has 1 atom stereocenters. The van der Waals surface area contributed by atoms with Gasteiger partial charge in [-0.15, -0.1) is 5.10 Å². The van der Waals surface area contributed by atoms with Crippen LogP contribution in [0.1, 0.15) is 27.0 Å². The Labute approximate surface area is 224 Å². The Balaban J connectivity index is 1.54. The monoisotopic (exact) mass is 548 g/mol. The first kappa shape index (κ1) is 26.2. The van der Waals surface area contributed by atoms with E-state index in [2.05, 4.69) is 36.3 Å². The fourth-order valence-corrected chi connectivity index (χ4v) is 4.31. The SMILES string of the molecule is O=C(/N=C\c1ccccc1)N[C@]1(C(=O)Nc2nn[nH]n2)CN(C(=O)c2cccc(C(F)(F)F)c2)c2ccccc21. The average Bonchev–Trinajstić information content (AvgIpc) is 3.58. The normalized spacial score (nSPS) is 16.5. The number of carbonyl (C=O) groups excluding carboxylic acids is 3. The molecule has 0 spiro atoms. The van der Waals surface area contributed by atoms with Crippen LogP contribution in [0, 0.1) is 0 Å². The molecule has 3 N–H and O–H groups in total. The van der Waals surface area contributed by atoms with E-state index in [9.17, 15) is 27.6 Å². The second-order valence-electron chi connectivity index (χ2n) is 8.68. The fourth-order valence-electron chi connectivity index (χ4n) is 4.31. The smallest absolute Gasteiger partial charge is 0.316 e. The zero-order chi connectivity index (χ0) is 28.3. The van der Waals surface area contributed by atoms with Gasteiger partial charge in [-0.3, -0.25) is 14.9 Å². The van der Waals surface area contributed by atoms with E-state index in [-0.39, 0.29) is 22.8 Å². The number of benzene rings is 3. The number of aromatic nitrogens is 4. The molecule has 0 unspecified atom stereocenters. The molecule has 0 radical (unpaired) electrons. The maximum Gasteiger partial charge on any atom is 0.416 e. The number of aromatic amines is 1. The number of urea groups is 1. The van der Waals surface area contributed by atoms with Crippen molar-refractivity contribution in [3.05, 3.63) is 101 Å². The molecule has 0 saturated heterocycles. The lowest BCUT2D eigenvalue weighted by atomic mass is 9.91. The van der Waals surface area contributed by atoms with Gasteiger partial charge in [0.1, 0.15) is 0 Å². The van der Waals surface area contributed by atoms with Crippen LogP contribution in [0.3, 0.4) is 0 Å². The first-order valence-corrected chi connectivity index (χ1v) is 11.7. The quantitative estimate of drug-likeness (QED) is 0.325. The molecular formula is C26H19F3N8O3. The Hall–Kier alpha value is -5.40. The van der Waals surface area contributed by atoms with Gasteiger partial charge in [0.15, 0.2) is 5.54 Å². The highest BCUT2D eigenvalue weighted by Crippen LogP contribution is 2.41. The Morgan fingerprint density at radius 2 is 1.75 bits per heavy atom. The number of H-pyrrole nitrogens is 1. The number of nitrogens with zero attached hydrogens (tertiary/aromatic N) is 5. The van der Waals surface area contributed by atoms with Gasteiger partial charge in [-0.2, -0.15) is 18.4 Å². The van der Waals surface area contributed by atoms with E-state index in [1.165, 1.54) is 24.4 Å². The molecule has 4 aromatic rings. The number of rotatable bonds is 5. The van der Waals surface area contributed by atoms with E-state index in [0.29, 0.717) is 5.56 Å². The Kier molecular flexibility index (Phi) is 6.82. The van der Waals surface area contributed by atoms with E-state index in [1.807, 2.05) is 0 Å². The van der Waals surface area contributed by atoms with Crippen LogP contribution in [0.5, 0.6) is 0 Å². The topological polar surface area (TPSA) is 145 Å². The summed E-state index contributed by atoms with van der Waals surface area (Å²) in [5.41, 5.74) is -2.14. The number of amides is 4. The molecule has 2 heterocycles.